The van der Waals surface area contributed by atoms with Gasteiger partial charge < -0.3 is 0 Å². The molecule has 8 heteroatoms. The van der Waals surface area contributed by atoms with E-state index in [4.69, 9.17) is 11.6 Å². The maximum Gasteiger partial charge on any atom is 0.276 e. The van der Waals surface area contributed by atoms with Gasteiger partial charge in [-0.3, -0.25) is 10.1 Å². The second-order valence-corrected chi connectivity index (χ2v) is 4.84. The lowest BCUT2D eigenvalue weighted by Crippen LogP contribution is -2.03. The van der Waals surface area contributed by atoms with Crippen LogP contribution >= 0.6 is 27.5 Å². The molecule has 94 valence electrons. The minimum atomic E-state index is -0.516. The van der Waals surface area contributed by atoms with Gasteiger partial charge in [-0.15, -0.1) is 0 Å². The number of nitrogens with zero attached hydrogens (tertiary/aromatic N) is 4. The Morgan fingerprint density at radius 3 is 2.61 bits per heavy atom. The maximum absolute atomic E-state index is 10.8. The molecule has 0 aliphatic heterocycles. The highest BCUT2D eigenvalue weighted by atomic mass is 79.9. The van der Waals surface area contributed by atoms with E-state index in [1.54, 1.807) is 0 Å². The van der Waals surface area contributed by atoms with Crippen LogP contribution in [0.1, 0.15) is 11.4 Å². The van der Waals surface area contributed by atoms with Gasteiger partial charge in [-0.05, 0) is 29.8 Å². The minimum absolute atomic E-state index is 0.0582. The molecular weight excluding hydrogens is 323 g/mol. The first-order chi connectivity index (χ1) is 8.40. The summed E-state index contributed by atoms with van der Waals surface area (Å²) in [5.41, 5.74) is 1.46. The molecule has 2 heterocycles. The lowest BCUT2D eigenvalue weighted by molar-refractivity contribution is -0.384. The van der Waals surface area contributed by atoms with Crippen molar-refractivity contribution in [2.75, 3.05) is 0 Å². The minimum Gasteiger partial charge on any atom is -0.258 e. The fourth-order valence-corrected chi connectivity index (χ4v) is 1.98. The third-order valence-corrected chi connectivity index (χ3v) is 3.74. The molecule has 0 atom stereocenters. The van der Waals surface area contributed by atoms with Gasteiger partial charge in [0.2, 0.25) is 0 Å². The van der Waals surface area contributed by atoms with Gasteiger partial charge in [0.05, 0.1) is 32.9 Å². The van der Waals surface area contributed by atoms with Crippen LogP contribution in [0.4, 0.5) is 5.69 Å². The molecule has 2 aromatic heterocycles. The first kappa shape index (κ1) is 13.0. The summed E-state index contributed by atoms with van der Waals surface area (Å²) in [6, 6.07) is 2.53. The lowest BCUT2D eigenvalue weighted by atomic mass is 10.4. The van der Waals surface area contributed by atoms with Crippen molar-refractivity contribution in [1.82, 2.24) is 14.8 Å². The Morgan fingerprint density at radius 2 is 2.11 bits per heavy atom. The molecule has 0 aromatic carbocycles. The molecule has 0 unspecified atom stereocenters. The monoisotopic (exact) mass is 330 g/mol. The van der Waals surface area contributed by atoms with Gasteiger partial charge in [0.1, 0.15) is 5.15 Å². The fraction of sp³-hybridized carbons (Fsp3) is 0.200. The second kappa shape index (κ2) is 4.66. The molecule has 0 saturated heterocycles. The van der Waals surface area contributed by atoms with E-state index in [1.165, 1.54) is 16.8 Å². The third kappa shape index (κ3) is 2.23. The molecule has 0 aliphatic carbocycles. The van der Waals surface area contributed by atoms with Crippen LogP contribution in [0.3, 0.4) is 0 Å². The van der Waals surface area contributed by atoms with Crippen LogP contribution in [0, 0.1) is 24.0 Å². The van der Waals surface area contributed by atoms with Gasteiger partial charge in [-0.25, -0.2) is 9.67 Å². The smallest absolute Gasteiger partial charge is 0.258 e. The maximum atomic E-state index is 10.8. The van der Waals surface area contributed by atoms with Crippen LogP contribution in [0.15, 0.2) is 16.6 Å². The summed E-state index contributed by atoms with van der Waals surface area (Å²) in [7, 11) is 0. The van der Waals surface area contributed by atoms with Crippen molar-refractivity contribution in [3.8, 4) is 5.82 Å². The van der Waals surface area contributed by atoms with Gasteiger partial charge in [0.15, 0.2) is 5.82 Å². The Hall–Kier alpha value is -1.47. The predicted molar refractivity (Wildman–Crippen MR) is 70.2 cm³/mol. The van der Waals surface area contributed by atoms with Crippen molar-refractivity contribution >= 4 is 33.2 Å². The summed E-state index contributed by atoms with van der Waals surface area (Å²) in [6.45, 7) is 3.66. The Bertz CT molecular complexity index is 641. The van der Waals surface area contributed by atoms with Crippen LogP contribution in [-0.4, -0.2) is 19.7 Å². The average Bonchev–Trinajstić information content (AvgIpc) is 2.56. The number of pyridine rings is 1. The molecule has 0 aliphatic rings. The largest absolute Gasteiger partial charge is 0.276 e. The molecule has 0 spiro atoms. The highest BCUT2D eigenvalue weighted by Gasteiger charge is 2.16. The van der Waals surface area contributed by atoms with Crippen LogP contribution in [0.25, 0.3) is 5.82 Å². The van der Waals surface area contributed by atoms with E-state index in [1.807, 2.05) is 13.8 Å². The number of rotatable bonds is 2. The topological polar surface area (TPSA) is 73.8 Å². The quantitative estimate of drug-likeness (QED) is 0.481. The first-order valence-electron chi connectivity index (χ1n) is 4.94. The normalized spacial score (nSPS) is 10.7. The molecular formula is C10H8BrClN4O2. The van der Waals surface area contributed by atoms with E-state index >= 15 is 0 Å². The zero-order valence-corrected chi connectivity index (χ0v) is 11.9. The standard InChI is InChI=1S/C10H8BrClN4O2/c1-5-10(11)6(2)15(14-5)9-4-7(16(17)18)3-8(12)13-9/h3-4H,1-2H3. The summed E-state index contributed by atoms with van der Waals surface area (Å²) < 4.78 is 2.35. The van der Waals surface area contributed by atoms with Crippen molar-refractivity contribution in [2.45, 2.75) is 13.8 Å². The zero-order chi connectivity index (χ0) is 13.4. The summed E-state index contributed by atoms with van der Waals surface area (Å²) in [4.78, 5) is 14.3. The van der Waals surface area contributed by atoms with Gasteiger partial charge in [-0.1, -0.05) is 11.6 Å². The highest BCUT2D eigenvalue weighted by molar-refractivity contribution is 9.10. The average molecular weight is 332 g/mol. The summed E-state index contributed by atoms with van der Waals surface area (Å²) in [5, 5.41) is 15.1. The van der Waals surface area contributed by atoms with Crippen molar-refractivity contribution in [2.24, 2.45) is 0 Å². The second-order valence-electron chi connectivity index (χ2n) is 3.66. The van der Waals surface area contributed by atoms with Crippen molar-refractivity contribution in [3.05, 3.63) is 43.3 Å². The van der Waals surface area contributed by atoms with Crippen LogP contribution in [-0.2, 0) is 0 Å². The highest BCUT2D eigenvalue weighted by Crippen LogP contribution is 2.25. The van der Waals surface area contributed by atoms with E-state index in [0.29, 0.717) is 5.82 Å². The zero-order valence-electron chi connectivity index (χ0n) is 9.52. The van der Waals surface area contributed by atoms with E-state index in [9.17, 15) is 10.1 Å². The number of aryl methyl sites for hydroxylation is 1. The van der Waals surface area contributed by atoms with Crippen LogP contribution in [0.5, 0.6) is 0 Å². The van der Waals surface area contributed by atoms with Gasteiger partial charge in [-0.2, -0.15) is 5.10 Å². The molecule has 0 bridgehead atoms. The molecule has 2 aromatic rings. The molecule has 0 saturated carbocycles. The number of hydrogen-bond donors (Lipinski definition) is 0. The van der Waals surface area contributed by atoms with Crippen LogP contribution in [0.2, 0.25) is 5.15 Å². The molecule has 0 radical (unpaired) electrons. The molecule has 6 nitrogen and oxygen atoms in total. The number of hydrogen-bond acceptors (Lipinski definition) is 4. The summed E-state index contributed by atoms with van der Waals surface area (Å²) >= 11 is 9.16. The summed E-state index contributed by atoms with van der Waals surface area (Å²) in [6.07, 6.45) is 0. The van der Waals surface area contributed by atoms with Crippen LogP contribution < -0.4 is 0 Å². The molecule has 0 fully saturated rings. The van der Waals surface area contributed by atoms with E-state index in [-0.39, 0.29) is 10.8 Å². The SMILES string of the molecule is Cc1nn(-c2cc([N+](=O)[O-])cc(Cl)n2)c(C)c1Br. The van der Waals surface area contributed by atoms with Crippen molar-refractivity contribution in [3.63, 3.8) is 0 Å². The van der Waals surface area contributed by atoms with Gasteiger partial charge >= 0.3 is 0 Å². The Kier molecular flexibility index (Phi) is 3.36. The number of aromatic nitrogens is 3. The molecule has 0 amide bonds. The number of nitro groups is 1. The van der Waals surface area contributed by atoms with Gasteiger partial charge in [0.25, 0.3) is 5.69 Å². The van der Waals surface area contributed by atoms with Gasteiger partial charge in [0, 0.05) is 0 Å². The van der Waals surface area contributed by atoms with E-state index in [0.717, 1.165) is 15.9 Å². The molecule has 2 rings (SSSR count). The fourth-order valence-electron chi connectivity index (χ4n) is 1.53. The Morgan fingerprint density at radius 1 is 1.44 bits per heavy atom. The molecule has 0 N–H and O–H groups in total. The van der Waals surface area contributed by atoms with Crippen molar-refractivity contribution < 1.29 is 4.92 Å². The van der Waals surface area contributed by atoms with Crippen molar-refractivity contribution in [1.29, 1.82) is 0 Å². The number of halogens is 2. The predicted octanol–water partition coefficient (Wildman–Crippen LogP) is 3.21. The Balaban J connectivity index is 2.63. The van der Waals surface area contributed by atoms with E-state index in [2.05, 4.69) is 26.0 Å². The summed E-state index contributed by atoms with van der Waals surface area (Å²) in [5.74, 6) is 0.320. The molecule has 18 heavy (non-hydrogen) atoms. The lowest BCUT2D eigenvalue weighted by Gasteiger charge is -2.03. The Labute approximate surface area is 116 Å². The van der Waals surface area contributed by atoms with E-state index < -0.39 is 4.92 Å². The third-order valence-electron chi connectivity index (χ3n) is 2.40. The first-order valence-corrected chi connectivity index (χ1v) is 6.11.